The number of aliphatic hydroxyl groups excluding tert-OH is 1. The third-order valence-electron chi connectivity index (χ3n) is 4.91. The quantitative estimate of drug-likeness (QED) is 0.939. The fourth-order valence-corrected chi connectivity index (χ4v) is 4.05. The highest BCUT2D eigenvalue weighted by Gasteiger charge is 2.31. The average Bonchev–Trinajstić information content (AvgIpc) is 3.13. The van der Waals surface area contributed by atoms with E-state index in [1.165, 1.54) is 4.88 Å². The van der Waals surface area contributed by atoms with Crippen molar-refractivity contribution in [2.75, 3.05) is 13.1 Å². The lowest BCUT2D eigenvalue weighted by atomic mass is 9.90. The second-order valence-corrected chi connectivity index (χ2v) is 7.39. The molecule has 1 atom stereocenters. The van der Waals surface area contributed by atoms with E-state index in [9.17, 15) is 9.90 Å². The predicted molar refractivity (Wildman–Crippen MR) is 90.6 cm³/mol. The second-order valence-electron chi connectivity index (χ2n) is 6.30. The van der Waals surface area contributed by atoms with Gasteiger partial charge in [-0.3, -0.25) is 4.79 Å². The number of aliphatic hydroxyl groups is 1. The minimum atomic E-state index is -0.558. The number of likely N-dealkylation sites (tertiary alicyclic amines) is 1. The van der Waals surface area contributed by atoms with Crippen molar-refractivity contribution in [2.24, 2.45) is 13.0 Å². The van der Waals surface area contributed by atoms with Crippen LogP contribution in [-0.2, 0) is 7.05 Å². The van der Waals surface area contributed by atoms with Gasteiger partial charge in [0.25, 0.3) is 5.91 Å². The number of aromatic nitrogens is 2. The summed E-state index contributed by atoms with van der Waals surface area (Å²) in [5.41, 5.74) is 1.92. The zero-order valence-corrected chi connectivity index (χ0v) is 14.6. The van der Waals surface area contributed by atoms with Gasteiger partial charge in [-0.1, -0.05) is 0 Å². The molecule has 1 aliphatic heterocycles. The van der Waals surface area contributed by atoms with E-state index < -0.39 is 6.10 Å². The molecule has 1 fully saturated rings. The first kappa shape index (κ1) is 16.2. The zero-order valence-electron chi connectivity index (χ0n) is 13.8. The van der Waals surface area contributed by atoms with Gasteiger partial charge in [-0.05, 0) is 38.2 Å². The largest absolute Gasteiger partial charge is 0.385 e. The first-order valence-corrected chi connectivity index (χ1v) is 8.86. The maximum absolute atomic E-state index is 12.6. The van der Waals surface area contributed by atoms with Crippen LogP contribution in [0.4, 0.5) is 0 Å². The number of thiophene rings is 1. The lowest BCUT2D eigenvalue weighted by Gasteiger charge is -2.34. The summed E-state index contributed by atoms with van der Waals surface area (Å²) in [7, 11) is 1.89. The SMILES string of the molecule is Cc1scc(C(=O)N2CCC([C@H](O)c3nccn3C)CC2)c1C. The van der Waals surface area contributed by atoms with Crippen LogP contribution >= 0.6 is 11.3 Å². The highest BCUT2D eigenvalue weighted by molar-refractivity contribution is 7.10. The zero-order chi connectivity index (χ0) is 16.6. The summed E-state index contributed by atoms with van der Waals surface area (Å²) in [4.78, 5) is 20.0. The van der Waals surface area contributed by atoms with E-state index in [2.05, 4.69) is 4.98 Å². The van der Waals surface area contributed by atoms with Crippen LogP contribution in [0.5, 0.6) is 0 Å². The highest BCUT2D eigenvalue weighted by atomic mass is 32.1. The van der Waals surface area contributed by atoms with Gasteiger partial charge in [-0.25, -0.2) is 4.98 Å². The number of rotatable bonds is 3. The Morgan fingerprint density at radius 2 is 2.09 bits per heavy atom. The van der Waals surface area contributed by atoms with Gasteiger partial charge in [0, 0.05) is 42.8 Å². The van der Waals surface area contributed by atoms with Crippen LogP contribution < -0.4 is 0 Å². The minimum Gasteiger partial charge on any atom is -0.385 e. The summed E-state index contributed by atoms with van der Waals surface area (Å²) in [5.74, 6) is 0.987. The number of hydrogen-bond donors (Lipinski definition) is 1. The van der Waals surface area contributed by atoms with Crippen LogP contribution in [0.1, 0.15) is 45.6 Å². The Balaban J connectivity index is 1.63. The van der Waals surface area contributed by atoms with Gasteiger partial charge in [0.1, 0.15) is 11.9 Å². The molecular formula is C17H23N3O2S. The Morgan fingerprint density at radius 3 is 2.61 bits per heavy atom. The molecule has 0 unspecified atom stereocenters. The van der Waals surface area contributed by atoms with Gasteiger partial charge in [-0.15, -0.1) is 11.3 Å². The van der Waals surface area contributed by atoms with Gasteiger partial charge in [0.15, 0.2) is 0 Å². The van der Waals surface area contributed by atoms with Crippen molar-refractivity contribution in [1.82, 2.24) is 14.5 Å². The Kier molecular flexibility index (Phi) is 4.55. The molecule has 2 aromatic heterocycles. The first-order chi connectivity index (χ1) is 11.0. The number of amides is 1. The molecule has 0 aliphatic carbocycles. The summed E-state index contributed by atoms with van der Waals surface area (Å²) in [6.45, 7) is 5.45. The Bertz CT molecular complexity index is 699. The van der Waals surface area contributed by atoms with Crippen molar-refractivity contribution in [3.8, 4) is 0 Å². The smallest absolute Gasteiger partial charge is 0.254 e. The van der Waals surface area contributed by atoms with Crippen LogP contribution in [0.3, 0.4) is 0 Å². The highest BCUT2D eigenvalue weighted by Crippen LogP contribution is 2.31. The lowest BCUT2D eigenvalue weighted by molar-refractivity contribution is 0.0420. The maximum Gasteiger partial charge on any atom is 0.254 e. The van der Waals surface area contributed by atoms with Gasteiger partial charge in [0.2, 0.25) is 0 Å². The van der Waals surface area contributed by atoms with E-state index in [1.54, 1.807) is 17.5 Å². The fraction of sp³-hybridized carbons (Fsp3) is 0.529. The molecule has 0 radical (unpaired) electrons. The summed E-state index contributed by atoms with van der Waals surface area (Å²) in [5, 5.41) is 12.5. The summed E-state index contributed by atoms with van der Waals surface area (Å²) >= 11 is 1.63. The third kappa shape index (κ3) is 3.05. The second kappa shape index (κ2) is 6.45. The van der Waals surface area contributed by atoms with E-state index in [4.69, 9.17) is 0 Å². The number of hydrogen-bond acceptors (Lipinski definition) is 4. The van der Waals surface area contributed by atoms with Crippen LogP contribution in [0.25, 0.3) is 0 Å². The van der Waals surface area contributed by atoms with Crippen molar-refractivity contribution in [1.29, 1.82) is 0 Å². The molecule has 0 spiro atoms. The fourth-order valence-electron chi connectivity index (χ4n) is 3.19. The molecule has 1 saturated heterocycles. The van der Waals surface area contributed by atoms with Crippen LogP contribution in [0, 0.1) is 19.8 Å². The number of carbonyl (C=O) groups is 1. The summed E-state index contributed by atoms with van der Waals surface area (Å²) in [6, 6.07) is 0. The normalized spacial score (nSPS) is 17.5. The first-order valence-electron chi connectivity index (χ1n) is 7.98. The molecule has 3 heterocycles. The van der Waals surface area contributed by atoms with Crippen molar-refractivity contribution in [3.63, 3.8) is 0 Å². The number of piperidine rings is 1. The van der Waals surface area contributed by atoms with E-state index in [1.807, 2.05) is 41.9 Å². The number of imidazole rings is 1. The van der Waals surface area contributed by atoms with Gasteiger partial charge < -0.3 is 14.6 Å². The molecule has 0 saturated carbocycles. The molecule has 23 heavy (non-hydrogen) atoms. The van der Waals surface area contributed by atoms with Gasteiger partial charge >= 0.3 is 0 Å². The van der Waals surface area contributed by atoms with E-state index in [-0.39, 0.29) is 11.8 Å². The summed E-state index contributed by atoms with van der Waals surface area (Å²) < 4.78 is 1.86. The lowest BCUT2D eigenvalue weighted by Crippen LogP contribution is -2.40. The molecule has 5 nitrogen and oxygen atoms in total. The van der Waals surface area contributed by atoms with Crippen molar-refractivity contribution in [3.05, 3.63) is 39.6 Å². The molecule has 3 rings (SSSR count). The molecule has 124 valence electrons. The Hall–Kier alpha value is -1.66. The molecule has 1 N–H and O–H groups in total. The van der Waals surface area contributed by atoms with Crippen LogP contribution in [0.2, 0.25) is 0 Å². The van der Waals surface area contributed by atoms with Crippen molar-refractivity contribution >= 4 is 17.2 Å². The third-order valence-corrected chi connectivity index (χ3v) is 5.93. The molecule has 0 aromatic carbocycles. The Morgan fingerprint density at radius 1 is 1.39 bits per heavy atom. The molecule has 0 bridgehead atoms. The van der Waals surface area contributed by atoms with E-state index >= 15 is 0 Å². The molecular weight excluding hydrogens is 310 g/mol. The number of carbonyl (C=O) groups excluding carboxylic acids is 1. The van der Waals surface area contributed by atoms with Crippen LogP contribution in [-0.4, -0.2) is 38.6 Å². The van der Waals surface area contributed by atoms with Crippen molar-refractivity contribution in [2.45, 2.75) is 32.8 Å². The number of nitrogens with zero attached hydrogens (tertiary/aromatic N) is 3. The van der Waals surface area contributed by atoms with Gasteiger partial charge in [-0.2, -0.15) is 0 Å². The molecule has 6 heteroatoms. The van der Waals surface area contributed by atoms with Crippen LogP contribution in [0.15, 0.2) is 17.8 Å². The monoisotopic (exact) mass is 333 g/mol. The van der Waals surface area contributed by atoms with Crippen molar-refractivity contribution < 1.29 is 9.90 Å². The molecule has 2 aromatic rings. The topological polar surface area (TPSA) is 58.4 Å². The van der Waals surface area contributed by atoms with E-state index in [0.717, 1.165) is 24.0 Å². The summed E-state index contributed by atoms with van der Waals surface area (Å²) in [6.07, 6.45) is 4.61. The number of aryl methyl sites for hydroxylation is 2. The standard InChI is InChI=1S/C17H23N3O2S/c1-11-12(2)23-10-14(11)17(22)20-7-4-13(5-8-20)15(21)16-18-6-9-19(16)3/h6,9-10,13,15,21H,4-5,7-8H2,1-3H3/t15-/m0/s1. The average molecular weight is 333 g/mol. The van der Waals surface area contributed by atoms with E-state index in [0.29, 0.717) is 18.9 Å². The Labute approximate surface area is 140 Å². The predicted octanol–water partition coefficient (Wildman–Crippen LogP) is 2.68. The molecule has 1 amide bonds. The van der Waals surface area contributed by atoms with Gasteiger partial charge in [0.05, 0.1) is 5.56 Å². The molecule has 1 aliphatic rings. The minimum absolute atomic E-state index is 0.122. The maximum atomic E-state index is 12.6.